The molecule has 0 bridgehead atoms. The summed E-state index contributed by atoms with van der Waals surface area (Å²) >= 11 is 0. The van der Waals surface area contributed by atoms with Crippen LogP contribution in [0.25, 0.3) is 0 Å². The van der Waals surface area contributed by atoms with E-state index in [2.05, 4.69) is 49.4 Å². The second kappa shape index (κ2) is 5.47. The molecular weight excluding hydrogens is 170 g/mol. The Morgan fingerprint density at radius 2 is 2.29 bits per heavy atom. The molecule has 0 aliphatic heterocycles. The summed E-state index contributed by atoms with van der Waals surface area (Å²) in [5.74, 6) is 2.62. The third-order valence-corrected chi connectivity index (χ3v) is 2.26. The van der Waals surface area contributed by atoms with Crippen molar-refractivity contribution in [2.75, 3.05) is 6.54 Å². The van der Waals surface area contributed by atoms with Crippen LogP contribution in [0.4, 0.5) is 0 Å². The zero-order valence-electron chi connectivity index (χ0n) is 8.88. The van der Waals surface area contributed by atoms with E-state index in [0.29, 0.717) is 6.04 Å². The van der Waals surface area contributed by atoms with E-state index in [0.717, 1.165) is 13.0 Å². The van der Waals surface area contributed by atoms with Gasteiger partial charge in [0, 0.05) is 19.0 Å². The van der Waals surface area contributed by atoms with Gasteiger partial charge in [-0.3, -0.25) is 0 Å². The fraction of sp³-hybridized carbons (Fsp3) is 0.385. The van der Waals surface area contributed by atoms with Crippen LogP contribution >= 0.6 is 0 Å². The molecule has 1 aromatic carbocycles. The van der Waals surface area contributed by atoms with Crippen LogP contribution < -0.4 is 5.32 Å². The van der Waals surface area contributed by atoms with E-state index in [1.54, 1.807) is 0 Å². The van der Waals surface area contributed by atoms with Crippen molar-refractivity contribution in [2.24, 2.45) is 0 Å². The van der Waals surface area contributed by atoms with Crippen molar-refractivity contribution >= 4 is 0 Å². The quantitative estimate of drug-likeness (QED) is 0.564. The summed E-state index contributed by atoms with van der Waals surface area (Å²) in [5, 5.41) is 3.38. The fourth-order valence-electron chi connectivity index (χ4n) is 1.42. The third kappa shape index (κ3) is 3.24. The Morgan fingerprint density at radius 3 is 2.93 bits per heavy atom. The predicted octanol–water partition coefficient (Wildman–Crippen LogP) is 2.67. The van der Waals surface area contributed by atoms with Crippen LogP contribution in [0.2, 0.25) is 0 Å². The van der Waals surface area contributed by atoms with Crippen molar-refractivity contribution in [1.82, 2.24) is 5.32 Å². The van der Waals surface area contributed by atoms with Gasteiger partial charge in [-0.25, -0.2) is 0 Å². The van der Waals surface area contributed by atoms with Gasteiger partial charge < -0.3 is 5.32 Å². The predicted molar refractivity (Wildman–Crippen MR) is 61.0 cm³/mol. The molecule has 1 rings (SSSR count). The van der Waals surface area contributed by atoms with Gasteiger partial charge in [0.05, 0.1) is 0 Å². The lowest BCUT2D eigenvalue weighted by atomic mass is 10.1. The van der Waals surface area contributed by atoms with Gasteiger partial charge in [0.15, 0.2) is 0 Å². The topological polar surface area (TPSA) is 12.0 Å². The first-order valence-electron chi connectivity index (χ1n) is 4.97. The van der Waals surface area contributed by atoms with E-state index < -0.39 is 0 Å². The van der Waals surface area contributed by atoms with Crippen LogP contribution in [0.3, 0.4) is 0 Å². The first-order valence-corrected chi connectivity index (χ1v) is 4.97. The molecule has 1 atom stereocenters. The summed E-state index contributed by atoms with van der Waals surface area (Å²) in [6, 6.07) is 8.92. The molecule has 74 valence electrons. The maximum absolute atomic E-state index is 5.19. The molecule has 14 heavy (non-hydrogen) atoms. The van der Waals surface area contributed by atoms with Crippen LogP contribution in [0.5, 0.6) is 0 Å². The fourth-order valence-corrected chi connectivity index (χ4v) is 1.42. The van der Waals surface area contributed by atoms with Crippen LogP contribution in [-0.4, -0.2) is 6.54 Å². The van der Waals surface area contributed by atoms with E-state index in [9.17, 15) is 0 Å². The maximum atomic E-state index is 5.19. The van der Waals surface area contributed by atoms with Gasteiger partial charge >= 0.3 is 0 Å². The Kier molecular flexibility index (Phi) is 4.22. The summed E-state index contributed by atoms with van der Waals surface area (Å²) in [6.45, 7) is 5.15. The SMILES string of the molecule is C#CCCN[C@@H](C)c1cccc(C)c1. The standard InChI is InChI=1S/C13H17N/c1-4-5-9-14-12(3)13-8-6-7-11(2)10-13/h1,6-8,10,12,14H,5,9H2,2-3H3/t12-/m0/s1. The largest absolute Gasteiger partial charge is 0.309 e. The van der Waals surface area contributed by atoms with Gasteiger partial charge in [0.2, 0.25) is 0 Å². The molecule has 0 aromatic heterocycles. The monoisotopic (exact) mass is 187 g/mol. The van der Waals surface area contributed by atoms with E-state index in [1.807, 2.05) is 0 Å². The molecule has 0 spiro atoms. The number of rotatable bonds is 4. The minimum atomic E-state index is 0.378. The number of nitrogens with one attached hydrogen (secondary N) is 1. The van der Waals surface area contributed by atoms with E-state index in [-0.39, 0.29) is 0 Å². The van der Waals surface area contributed by atoms with Gasteiger partial charge in [-0.15, -0.1) is 12.3 Å². The molecule has 0 unspecified atom stereocenters. The third-order valence-electron chi connectivity index (χ3n) is 2.26. The van der Waals surface area contributed by atoms with Crippen molar-refractivity contribution in [3.05, 3.63) is 35.4 Å². The normalized spacial score (nSPS) is 12.1. The molecule has 1 N–H and O–H groups in total. The van der Waals surface area contributed by atoms with Crippen molar-refractivity contribution in [3.63, 3.8) is 0 Å². The van der Waals surface area contributed by atoms with Crippen molar-refractivity contribution in [3.8, 4) is 12.3 Å². The molecule has 0 saturated heterocycles. The Hall–Kier alpha value is -1.26. The van der Waals surface area contributed by atoms with Gasteiger partial charge in [-0.2, -0.15) is 0 Å². The molecule has 0 radical (unpaired) electrons. The molecule has 0 amide bonds. The molecule has 0 aliphatic rings. The number of aryl methyl sites for hydroxylation is 1. The van der Waals surface area contributed by atoms with Gasteiger partial charge in [-0.1, -0.05) is 29.8 Å². The molecule has 0 aliphatic carbocycles. The molecule has 0 fully saturated rings. The number of hydrogen-bond acceptors (Lipinski definition) is 1. The Balaban J connectivity index is 2.52. The number of hydrogen-bond donors (Lipinski definition) is 1. The lowest BCUT2D eigenvalue weighted by molar-refractivity contribution is 0.584. The minimum absolute atomic E-state index is 0.378. The summed E-state index contributed by atoms with van der Waals surface area (Å²) in [5.41, 5.74) is 2.62. The van der Waals surface area contributed by atoms with Gasteiger partial charge in [0.25, 0.3) is 0 Å². The summed E-state index contributed by atoms with van der Waals surface area (Å²) in [7, 11) is 0. The molecular formula is C13H17N. The van der Waals surface area contributed by atoms with Gasteiger partial charge in [-0.05, 0) is 19.4 Å². The summed E-state index contributed by atoms with van der Waals surface area (Å²) in [6.07, 6.45) is 5.98. The highest BCUT2D eigenvalue weighted by Crippen LogP contribution is 2.13. The van der Waals surface area contributed by atoms with Crippen LogP contribution in [0.1, 0.15) is 30.5 Å². The van der Waals surface area contributed by atoms with Crippen LogP contribution in [-0.2, 0) is 0 Å². The smallest absolute Gasteiger partial charge is 0.0292 e. The first kappa shape index (κ1) is 10.8. The summed E-state index contributed by atoms with van der Waals surface area (Å²) in [4.78, 5) is 0. The second-order valence-electron chi connectivity index (χ2n) is 3.54. The lowest BCUT2D eigenvalue weighted by Crippen LogP contribution is -2.19. The second-order valence-corrected chi connectivity index (χ2v) is 3.54. The highest BCUT2D eigenvalue weighted by molar-refractivity contribution is 5.24. The summed E-state index contributed by atoms with van der Waals surface area (Å²) < 4.78 is 0. The molecule has 0 saturated carbocycles. The maximum Gasteiger partial charge on any atom is 0.0292 e. The molecule has 1 heteroatoms. The molecule has 1 aromatic rings. The van der Waals surface area contributed by atoms with E-state index in [1.165, 1.54) is 11.1 Å². The number of benzene rings is 1. The average molecular weight is 187 g/mol. The van der Waals surface area contributed by atoms with Crippen molar-refractivity contribution in [2.45, 2.75) is 26.3 Å². The van der Waals surface area contributed by atoms with E-state index in [4.69, 9.17) is 6.42 Å². The Morgan fingerprint density at radius 1 is 1.50 bits per heavy atom. The molecule has 0 heterocycles. The number of terminal acetylenes is 1. The highest BCUT2D eigenvalue weighted by atomic mass is 14.9. The van der Waals surface area contributed by atoms with Crippen molar-refractivity contribution in [1.29, 1.82) is 0 Å². The van der Waals surface area contributed by atoms with Crippen LogP contribution in [0, 0.1) is 19.3 Å². The first-order chi connectivity index (χ1) is 6.74. The van der Waals surface area contributed by atoms with Gasteiger partial charge in [0.1, 0.15) is 0 Å². The van der Waals surface area contributed by atoms with Crippen LogP contribution in [0.15, 0.2) is 24.3 Å². The van der Waals surface area contributed by atoms with Crippen molar-refractivity contribution < 1.29 is 0 Å². The Labute approximate surface area is 86.5 Å². The zero-order chi connectivity index (χ0) is 10.4. The highest BCUT2D eigenvalue weighted by Gasteiger charge is 2.02. The average Bonchev–Trinajstić information content (AvgIpc) is 2.18. The Bertz CT molecular complexity index is 322. The zero-order valence-corrected chi connectivity index (χ0v) is 8.88. The van der Waals surface area contributed by atoms with E-state index >= 15 is 0 Å². The minimum Gasteiger partial charge on any atom is -0.309 e. The molecule has 1 nitrogen and oxygen atoms in total. The lowest BCUT2D eigenvalue weighted by Gasteiger charge is -2.13.